The van der Waals surface area contributed by atoms with Crippen LogP contribution in [0.3, 0.4) is 0 Å². The number of rotatable bonds is 5. The molecule has 7 nitrogen and oxygen atoms in total. The minimum absolute atomic E-state index is 0.0930. The predicted octanol–water partition coefficient (Wildman–Crippen LogP) is 1.82. The second-order valence-electron chi connectivity index (χ2n) is 5.91. The summed E-state index contributed by atoms with van der Waals surface area (Å²) in [6, 6.07) is 0.924. The van der Waals surface area contributed by atoms with Gasteiger partial charge in [0.05, 0.1) is 0 Å². The van der Waals surface area contributed by atoms with Crippen LogP contribution in [0.15, 0.2) is 17.3 Å². The van der Waals surface area contributed by atoms with Crippen molar-refractivity contribution in [3.8, 4) is 0 Å². The molecule has 3 unspecified atom stereocenters. The van der Waals surface area contributed by atoms with E-state index in [9.17, 15) is 4.79 Å². The second-order valence-corrected chi connectivity index (χ2v) is 5.91. The van der Waals surface area contributed by atoms with Gasteiger partial charge in [0.15, 0.2) is 5.69 Å². The highest BCUT2D eigenvalue weighted by Gasteiger charge is 2.44. The Bertz CT molecular complexity index is 544. The molecule has 1 amide bonds. The molecule has 0 aromatic carbocycles. The van der Waals surface area contributed by atoms with E-state index in [4.69, 9.17) is 4.63 Å². The summed E-state index contributed by atoms with van der Waals surface area (Å²) in [4.78, 5) is 14.0. The van der Waals surface area contributed by atoms with Crippen molar-refractivity contribution in [1.29, 1.82) is 0 Å². The SMILES string of the molecule is C=CCN1C(c2nonc2NC(=O)CC)NC2CCCCC21. The van der Waals surface area contributed by atoms with Crippen molar-refractivity contribution >= 4 is 11.7 Å². The quantitative estimate of drug-likeness (QED) is 0.807. The molecule has 1 aromatic rings. The van der Waals surface area contributed by atoms with Crippen LogP contribution in [-0.4, -0.2) is 39.7 Å². The highest BCUT2D eigenvalue weighted by Crippen LogP contribution is 2.37. The van der Waals surface area contributed by atoms with E-state index in [1.54, 1.807) is 6.92 Å². The molecule has 2 aliphatic rings. The van der Waals surface area contributed by atoms with Crippen molar-refractivity contribution in [1.82, 2.24) is 20.5 Å². The third-order valence-corrected chi connectivity index (χ3v) is 4.55. The van der Waals surface area contributed by atoms with Gasteiger partial charge in [-0.1, -0.05) is 25.8 Å². The molecule has 0 bridgehead atoms. The van der Waals surface area contributed by atoms with Gasteiger partial charge in [-0.2, -0.15) is 0 Å². The first kappa shape index (κ1) is 15.2. The van der Waals surface area contributed by atoms with Gasteiger partial charge in [-0.3, -0.25) is 15.0 Å². The summed E-state index contributed by atoms with van der Waals surface area (Å²) in [5.74, 6) is 0.319. The summed E-state index contributed by atoms with van der Waals surface area (Å²) in [6.45, 7) is 6.43. The minimum Gasteiger partial charge on any atom is -0.306 e. The number of amides is 1. The lowest BCUT2D eigenvalue weighted by Gasteiger charge is -2.31. The molecule has 7 heteroatoms. The van der Waals surface area contributed by atoms with E-state index in [2.05, 4.69) is 32.4 Å². The first-order valence-electron chi connectivity index (χ1n) is 7.99. The van der Waals surface area contributed by atoms with Crippen LogP contribution in [0.2, 0.25) is 0 Å². The Labute approximate surface area is 130 Å². The summed E-state index contributed by atoms with van der Waals surface area (Å²) < 4.78 is 4.88. The number of anilines is 1. The van der Waals surface area contributed by atoms with Crippen LogP contribution in [0.25, 0.3) is 0 Å². The van der Waals surface area contributed by atoms with Crippen LogP contribution in [0, 0.1) is 0 Å². The lowest BCUT2D eigenvalue weighted by Crippen LogP contribution is -2.38. The molecule has 2 heterocycles. The average Bonchev–Trinajstić information content (AvgIpc) is 3.12. The molecule has 2 N–H and O–H groups in total. The number of hydrogen-bond acceptors (Lipinski definition) is 6. The molecule has 1 aliphatic heterocycles. The van der Waals surface area contributed by atoms with Gasteiger partial charge in [0, 0.05) is 25.0 Å². The zero-order valence-electron chi connectivity index (χ0n) is 12.9. The summed E-state index contributed by atoms with van der Waals surface area (Å²) in [5.41, 5.74) is 0.651. The van der Waals surface area contributed by atoms with Gasteiger partial charge >= 0.3 is 0 Å². The molecule has 1 saturated carbocycles. The Morgan fingerprint density at radius 3 is 3.09 bits per heavy atom. The van der Waals surface area contributed by atoms with Crippen molar-refractivity contribution in [2.75, 3.05) is 11.9 Å². The smallest absolute Gasteiger partial charge is 0.225 e. The fourth-order valence-electron chi connectivity index (χ4n) is 3.50. The molecule has 1 aliphatic carbocycles. The topological polar surface area (TPSA) is 83.3 Å². The molecule has 0 spiro atoms. The van der Waals surface area contributed by atoms with E-state index in [-0.39, 0.29) is 12.1 Å². The van der Waals surface area contributed by atoms with Crippen LogP contribution in [-0.2, 0) is 4.79 Å². The molecule has 120 valence electrons. The maximum Gasteiger partial charge on any atom is 0.225 e. The van der Waals surface area contributed by atoms with Gasteiger partial charge in [0.25, 0.3) is 0 Å². The van der Waals surface area contributed by atoms with E-state index >= 15 is 0 Å². The monoisotopic (exact) mass is 305 g/mol. The fourth-order valence-corrected chi connectivity index (χ4v) is 3.50. The maximum absolute atomic E-state index is 11.6. The number of nitrogens with one attached hydrogen (secondary N) is 2. The standard InChI is InChI=1S/C15H23N5O2/c1-3-9-20-11-8-6-5-7-10(11)16-15(20)13-14(19-22-18-13)17-12(21)4-2/h3,10-11,15-16H,1,4-9H2,2H3,(H,17,19,21). The number of aromatic nitrogens is 2. The Hall–Kier alpha value is -1.73. The largest absolute Gasteiger partial charge is 0.306 e. The summed E-state index contributed by atoms with van der Waals surface area (Å²) in [6.07, 6.45) is 7.04. The summed E-state index contributed by atoms with van der Waals surface area (Å²) in [7, 11) is 0. The van der Waals surface area contributed by atoms with E-state index in [0.717, 1.165) is 13.0 Å². The van der Waals surface area contributed by atoms with E-state index < -0.39 is 0 Å². The molecular formula is C15H23N5O2. The molecule has 1 saturated heterocycles. The highest BCUT2D eigenvalue weighted by molar-refractivity contribution is 5.89. The Morgan fingerprint density at radius 2 is 2.32 bits per heavy atom. The van der Waals surface area contributed by atoms with Gasteiger partial charge in [0.2, 0.25) is 11.7 Å². The number of nitrogens with zero attached hydrogens (tertiary/aromatic N) is 3. The molecule has 22 heavy (non-hydrogen) atoms. The van der Waals surface area contributed by atoms with Crippen molar-refractivity contribution in [3.05, 3.63) is 18.3 Å². The van der Waals surface area contributed by atoms with E-state index in [0.29, 0.717) is 30.0 Å². The number of hydrogen-bond donors (Lipinski definition) is 2. The first-order valence-corrected chi connectivity index (χ1v) is 7.99. The fraction of sp³-hybridized carbons (Fsp3) is 0.667. The molecule has 1 aromatic heterocycles. The Balaban J connectivity index is 1.84. The van der Waals surface area contributed by atoms with Crippen LogP contribution in [0.5, 0.6) is 0 Å². The van der Waals surface area contributed by atoms with Crippen molar-refractivity contribution in [2.45, 2.75) is 57.3 Å². The van der Waals surface area contributed by atoms with Crippen LogP contribution < -0.4 is 10.6 Å². The summed E-state index contributed by atoms with van der Waals surface area (Å²) in [5, 5.41) is 14.3. The molecule has 3 rings (SSSR count). The predicted molar refractivity (Wildman–Crippen MR) is 82.0 cm³/mol. The van der Waals surface area contributed by atoms with Gasteiger partial charge in [-0.15, -0.1) is 6.58 Å². The highest BCUT2D eigenvalue weighted by atomic mass is 16.6. The van der Waals surface area contributed by atoms with Crippen molar-refractivity contribution in [3.63, 3.8) is 0 Å². The first-order chi connectivity index (χ1) is 10.7. The molecule has 0 radical (unpaired) electrons. The van der Waals surface area contributed by atoms with Crippen LogP contribution >= 0.6 is 0 Å². The minimum atomic E-state index is -0.0948. The molecule has 2 fully saturated rings. The maximum atomic E-state index is 11.6. The second kappa shape index (κ2) is 6.58. The van der Waals surface area contributed by atoms with E-state index in [1.807, 2.05) is 6.08 Å². The van der Waals surface area contributed by atoms with Crippen LogP contribution in [0.4, 0.5) is 5.82 Å². The third-order valence-electron chi connectivity index (χ3n) is 4.55. The molecular weight excluding hydrogens is 282 g/mol. The van der Waals surface area contributed by atoms with Gasteiger partial charge in [-0.25, -0.2) is 4.63 Å². The van der Waals surface area contributed by atoms with E-state index in [1.165, 1.54) is 19.3 Å². The lowest BCUT2D eigenvalue weighted by molar-refractivity contribution is -0.115. The number of carbonyl (C=O) groups excluding carboxylic acids is 1. The van der Waals surface area contributed by atoms with Gasteiger partial charge in [0.1, 0.15) is 6.17 Å². The third kappa shape index (κ3) is 2.78. The van der Waals surface area contributed by atoms with Crippen LogP contribution in [0.1, 0.15) is 50.9 Å². The van der Waals surface area contributed by atoms with Gasteiger partial charge in [-0.05, 0) is 23.2 Å². The van der Waals surface area contributed by atoms with Crippen molar-refractivity contribution in [2.24, 2.45) is 0 Å². The zero-order valence-corrected chi connectivity index (χ0v) is 12.9. The average molecular weight is 305 g/mol. The number of fused-ring (bicyclic) bond motifs is 1. The van der Waals surface area contributed by atoms with Crippen molar-refractivity contribution < 1.29 is 9.42 Å². The Kier molecular flexibility index (Phi) is 4.54. The Morgan fingerprint density at radius 1 is 1.50 bits per heavy atom. The molecule has 3 atom stereocenters. The zero-order chi connectivity index (χ0) is 15.5. The summed E-state index contributed by atoms with van der Waals surface area (Å²) >= 11 is 0. The van der Waals surface area contributed by atoms with Gasteiger partial charge < -0.3 is 5.32 Å². The normalized spacial score (nSPS) is 28.3. The lowest BCUT2D eigenvalue weighted by atomic mass is 9.91. The number of carbonyl (C=O) groups is 1.